The van der Waals surface area contributed by atoms with Gasteiger partial charge >= 0.3 is 0 Å². The van der Waals surface area contributed by atoms with E-state index in [9.17, 15) is 4.79 Å². The first-order chi connectivity index (χ1) is 10.4. The van der Waals surface area contributed by atoms with E-state index in [1.807, 2.05) is 24.4 Å². The van der Waals surface area contributed by atoms with E-state index < -0.39 is 0 Å². The number of hydrogen-bond donors (Lipinski definition) is 0. The predicted molar refractivity (Wildman–Crippen MR) is 86.7 cm³/mol. The average molecular weight is 277 g/mol. The molecule has 0 amide bonds. The number of benzene rings is 2. The van der Waals surface area contributed by atoms with Gasteiger partial charge in [-0.3, -0.25) is 4.79 Å². The second-order valence-electron chi connectivity index (χ2n) is 5.36. The van der Waals surface area contributed by atoms with Gasteiger partial charge in [-0.1, -0.05) is 48.5 Å². The molecule has 2 heteroatoms. The van der Waals surface area contributed by atoms with Gasteiger partial charge in [0.25, 0.3) is 0 Å². The summed E-state index contributed by atoms with van der Waals surface area (Å²) in [5.41, 5.74) is 3.33. The largest absolute Gasteiger partial charge is 0.347 e. The number of hydrogen-bond acceptors (Lipinski definition) is 1. The molecule has 21 heavy (non-hydrogen) atoms. The third-order valence-corrected chi connectivity index (χ3v) is 3.90. The van der Waals surface area contributed by atoms with Gasteiger partial charge in [-0.25, -0.2) is 0 Å². The zero-order chi connectivity index (χ0) is 14.5. The Balaban J connectivity index is 1.64. The van der Waals surface area contributed by atoms with Crippen LogP contribution in [0.5, 0.6) is 0 Å². The molecule has 1 aromatic heterocycles. The Bertz CT molecular complexity index is 728. The molecule has 0 spiro atoms. The number of aryl methyl sites for hydroxylation is 2. The van der Waals surface area contributed by atoms with E-state index in [-0.39, 0.29) is 0 Å². The number of rotatable bonds is 6. The number of aromatic nitrogens is 1. The van der Waals surface area contributed by atoms with Crippen molar-refractivity contribution in [1.29, 1.82) is 0 Å². The monoisotopic (exact) mass is 277 g/mol. The first-order valence-electron chi connectivity index (χ1n) is 7.45. The molecule has 0 saturated carbocycles. The fourth-order valence-corrected chi connectivity index (χ4v) is 2.81. The minimum atomic E-state index is 0.786. The maximum atomic E-state index is 11.1. The van der Waals surface area contributed by atoms with Crippen LogP contribution in [0.25, 0.3) is 10.9 Å². The summed E-state index contributed by atoms with van der Waals surface area (Å²) in [5.74, 6) is 0. The molecule has 0 saturated heterocycles. The molecule has 0 aliphatic carbocycles. The van der Waals surface area contributed by atoms with Crippen LogP contribution < -0.4 is 0 Å². The minimum absolute atomic E-state index is 0.786. The summed E-state index contributed by atoms with van der Waals surface area (Å²) in [7, 11) is 0. The lowest BCUT2D eigenvalue weighted by atomic mass is 10.1. The number of carbonyl (C=O) groups excluding carboxylic acids is 1. The summed E-state index contributed by atoms with van der Waals surface area (Å²) < 4.78 is 2.20. The van der Waals surface area contributed by atoms with E-state index in [1.54, 1.807) is 0 Å². The van der Waals surface area contributed by atoms with E-state index in [2.05, 4.69) is 41.0 Å². The van der Waals surface area contributed by atoms with Gasteiger partial charge in [0.15, 0.2) is 6.29 Å². The lowest BCUT2D eigenvalue weighted by Crippen LogP contribution is -1.97. The van der Waals surface area contributed by atoms with Crippen molar-refractivity contribution < 1.29 is 4.79 Å². The maximum absolute atomic E-state index is 11.1. The molecule has 0 aliphatic rings. The summed E-state index contributed by atoms with van der Waals surface area (Å²) in [4.78, 5) is 11.1. The molecule has 0 atom stereocenters. The molecular weight excluding hydrogens is 258 g/mol. The van der Waals surface area contributed by atoms with Crippen LogP contribution in [0.1, 0.15) is 28.8 Å². The lowest BCUT2D eigenvalue weighted by Gasteiger charge is -2.05. The van der Waals surface area contributed by atoms with Gasteiger partial charge in [0, 0.05) is 29.2 Å². The van der Waals surface area contributed by atoms with Crippen molar-refractivity contribution in [3.63, 3.8) is 0 Å². The van der Waals surface area contributed by atoms with Crippen LogP contribution in [0.3, 0.4) is 0 Å². The van der Waals surface area contributed by atoms with Crippen LogP contribution in [-0.2, 0) is 13.0 Å². The van der Waals surface area contributed by atoms with E-state index in [1.165, 1.54) is 5.56 Å². The summed E-state index contributed by atoms with van der Waals surface area (Å²) in [6.45, 7) is 0.960. The molecule has 106 valence electrons. The molecule has 1 heterocycles. The van der Waals surface area contributed by atoms with Crippen LogP contribution in [0.2, 0.25) is 0 Å². The Kier molecular flexibility index (Phi) is 4.15. The van der Waals surface area contributed by atoms with E-state index in [0.717, 1.165) is 48.6 Å². The van der Waals surface area contributed by atoms with Crippen molar-refractivity contribution in [3.8, 4) is 0 Å². The summed E-state index contributed by atoms with van der Waals surface area (Å²) in [6.07, 6.45) is 6.31. The fraction of sp³-hybridized carbons (Fsp3) is 0.211. The Morgan fingerprint density at radius 2 is 1.67 bits per heavy atom. The van der Waals surface area contributed by atoms with E-state index >= 15 is 0 Å². The molecule has 3 rings (SSSR count). The van der Waals surface area contributed by atoms with E-state index in [4.69, 9.17) is 0 Å². The van der Waals surface area contributed by atoms with Crippen molar-refractivity contribution in [3.05, 3.63) is 71.9 Å². The van der Waals surface area contributed by atoms with Crippen molar-refractivity contribution >= 4 is 17.2 Å². The van der Waals surface area contributed by atoms with Gasteiger partial charge in [0.2, 0.25) is 0 Å². The minimum Gasteiger partial charge on any atom is -0.347 e. The Labute approximate surface area is 125 Å². The first-order valence-corrected chi connectivity index (χ1v) is 7.45. The predicted octanol–water partition coefficient (Wildman–Crippen LogP) is 4.48. The van der Waals surface area contributed by atoms with Gasteiger partial charge < -0.3 is 4.57 Å². The van der Waals surface area contributed by atoms with Crippen LogP contribution in [0.4, 0.5) is 0 Å². The highest BCUT2D eigenvalue weighted by molar-refractivity contribution is 5.97. The molecule has 0 N–H and O–H groups in total. The molecule has 2 nitrogen and oxygen atoms in total. The Hall–Kier alpha value is -2.35. The highest BCUT2D eigenvalue weighted by Gasteiger charge is 2.06. The number of aldehydes is 1. The third-order valence-electron chi connectivity index (χ3n) is 3.90. The normalized spacial score (nSPS) is 10.9. The second kappa shape index (κ2) is 6.40. The number of para-hydroxylation sites is 1. The van der Waals surface area contributed by atoms with Gasteiger partial charge in [-0.15, -0.1) is 0 Å². The van der Waals surface area contributed by atoms with Crippen molar-refractivity contribution in [2.24, 2.45) is 0 Å². The van der Waals surface area contributed by atoms with Gasteiger partial charge in [0.1, 0.15) is 0 Å². The molecule has 0 bridgehead atoms. The highest BCUT2D eigenvalue weighted by Crippen LogP contribution is 2.20. The summed E-state index contributed by atoms with van der Waals surface area (Å²) in [5, 5.41) is 1.05. The van der Waals surface area contributed by atoms with Crippen LogP contribution >= 0.6 is 0 Å². The zero-order valence-corrected chi connectivity index (χ0v) is 12.0. The molecule has 3 aromatic rings. The summed E-state index contributed by atoms with van der Waals surface area (Å²) >= 11 is 0. The van der Waals surface area contributed by atoms with Gasteiger partial charge in [0.05, 0.1) is 0 Å². The molecule has 0 unspecified atom stereocenters. The number of nitrogens with zero attached hydrogens (tertiary/aromatic N) is 1. The lowest BCUT2D eigenvalue weighted by molar-refractivity contribution is 0.112. The van der Waals surface area contributed by atoms with Crippen LogP contribution in [0, 0.1) is 0 Å². The number of carbonyl (C=O) groups is 1. The molecule has 2 aromatic carbocycles. The summed E-state index contributed by atoms with van der Waals surface area (Å²) in [6, 6.07) is 18.7. The molecular formula is C19H19NO. The van der Waals surface area contributed by atoms with E-state index in [0.29, 0.717) is 0 Å². The third kappa shape index (κ3) is 3.05. The van der Waals surface area contributed by atoms with Gasteiger partial charge in [-0.2, -0.15) is 0 Å². The topological polar surface area (TPSA) is 22.0 Å². The standard InChI is InChI=1S/C19H19NO/c21-15-17-14-20(19-12-5-4-11-18(17)19)13-7-6-10-16-8-2-1-3-9-16/h1-5,8-9,11-12,14-15H,6-7,10,13H2. The Morgan fingerprint density at radius 3 is 2.48 bits per heavy atom. The first kappa shape index (κ1) is 13.6. The van der Waals surface area contributed by atoms with Crippen molar-refractivity contribution in [2.45, 2.75) is 25.8 Å². The smallest absolute Gasteiger partial charge is 0.152 e. The van der Waals surface area contributed by atoms with Crippen molar-refractivity contribution in [2.75, 3.05) is 0 Å². The molecule has 0 radical (unpaired) electrons. The fourth-order valence-electron chi connectivity index (χ4n) is 2.81. The average Bonchev–Trinajstić information content (AvgIpc) is 2.91. The quantitative estimate of drug-likeness (QED) is 0.481. The molecule has 0 aliphatic heterocycles. The zero-order valence-electron chi connectivity index (χ0n) is 12.0. The van der Waals surface area contributed by atoms with Crippen molar-refractivity contribution in [1.82, 2.24) is 4.57 Å². The van der Waals surface area contributed by atoms with Gasteiger partial charge in [-0.05, 0) is 30.9 Å². The van der Waals surface area contributed by atoms with Crippen LogP contribution in [-0.4, -0.2) is 10.9 Å². The Morgan fingerprint density at radius 1 is 0.905 bits per heavy atom. The number of fused-ring (bicyclic) bond motifs is 1. The number of unbranched alkanes of at least 4 members (excludes halogenated alkanes) is 1. The SMILES string of the molecule is O=Cc1cn(CCCCc2ccccc2)c2ccccc12. The second-order valence-corrected chi connectivity index (χ2v) is 5.36. The highest BCUT2D eigenvalue weighted by atomic mass is 16.1. The van der Waals surface area contributed by atoms with Crippen LogP contribution in [0.15, 0.2) is 60.8 Å². The maximum Gasteiger partial charge on any atom is 0.152 e. The molecule has 0 fully saturated rings.